The monoisotopic (exact) mass is 265 g/mol. The molecule has 0 unspecified atom stereocenters. The van der Waals surface area contributed by atoms with Crippen LogP contribution in [0.3, 0.4) is 0 Å². The van der Waals surface area contributed by atoms with Crippen molar-refractivity contribution in [2.24, 2.45) is 5.73 Å². The van der Waals surface area contributed by atoms with Gasteiger partial charge in [0.2, 0.25) is 0 Å². The Labute approximate surface area is 109 Å². The molecule has 0 aliphatic heterocycles. The summed E-state index contributed by atoms with van der Waals surface area (Å²) in [6, 6.07) is 10.0. The maximum atomic E-state index is 10.6. The minimum Gasteiger partial charge on any atom is -0.481 e. The van der Waals surface area contributed by atoms with Crippen molar-refractivity contribution in [2.75, 3.05) is 0 Å². The first-order valence-corrected chi connectivity index (χ1v) is 5.77. The van der Waals surface area contributed by atoms with Crippen LogP contribution in [0.5, 0.6) is 0 Å². The summed E-state index contributed by atoms with van der Waals surface area (Å²) in [5.41, 5.74) is 6.48. The molecule has 1 heterocycles. The smallest absolute Gasteiger partial charge is 0.305 e. The van der Waals surface area contributed by atoms with Crippen LogP contribution in [0.4, 0.5) is 0 Å². The van der Waals surface area contributed by atoms with Gasteiger partial charge in [-0.2, -0.15) is 0 Å². The van der Waals surface area contributed by atoms with E-state index in [1.165, 1.54) is 0 Å². The Bertz CT molecular complexity index is 565. The molecule has 2 aromatic rings. The van der Waals surface area contributed by atoms with Gasteiger partial charge in [-0.3, -0.25) is 4.79 Å². The maximum absolute atomic E-state index is 10.6. The van der Waals surface area contributed by atoms with Crippen molar-refractivity contribution < 1.29 is 14.3 Å². The average Bonchev–Trinajstić information content (AvgIpc) is 2.78. The Morgan fingerprint density at radius 2 is 2.06 bits per heavy atom. The van der Waals surface area contributed by atoms with E-state index in [9.17, 15) is 4.79 Å². The summed E-state index contributed by atoms with van der Waals surface area (Å²) in [7, 11) is 0. The number of aliphatic carboxylic acids is 1. The number of carboxylic acid groups (broad SMARTS) is 1. The molecule has 0 saturated carbocycles. The molecule has 1 atom stereocenters. The van der Waals surface area contributed by atoms with Gasteiger partial charge in [0.25, 0.3) is 0 Å². The summed E-state index contributed by atoms with van der Waals surface area (Å²) in [5, 5.41) is 9.24. The van der Waals surface area contributed by atoms with Crippen LogP contribution in [0, 0.1) is 0 Å². The highest BCUT2D eigenvalue weighted by Gasteiger charge is 2.16. The Morgan fingerprint density at radius 1 is 1.33 bits per heavy atom. The molecule has 1 aromatic carbocycles. The fourth-order valence-corrected chi connectivity index (χ4v) is 1.88. The molecule has 5 heteroatoms. The van der Waals surface area contributed by atoms with Crippen molar-refractivity contribution in [3.63, 3.8) is 0 Å². The second kappa shape index (κ2) is 5.25. The summed E-state index contributed by atoms with van der Waals surface area (Å²) in [5.74, 6) is 0.0574. The predicted molar refractivity (Wildman–Crippen MR) is 68.3 cm³/mol. The van der Waals surface area contributed by atoms with Gasteiger partial charge in [0.1, 0.15) is 11.5 Å². The van der Waals surface area contributed by atoms with Crippen LogP contribution in [-0.2, 0) is 4.79 Å². The molecule has 2 rings (SSSR count). The zero-order valence-corrected chi connectivity index (χ0v) is 10.2. The van der Waals surface area contributed by atoms with Crippen LogP contribution in [0.2, 0.25) is 5.02 Å². The highest BCUT2D eigenvalue weighted by molar-refractivity contribution is 6.33. The lowest BCUT2D eigenvalue weighted by atomic mass is 10.1. The van der Waals surface area contributed by atoms with Gasteiger partial charge in [0.05, 0.1) is 17.5 Å². The third kappa shape index (κ3) is 2.72. The Hall–Kier alpha value is -1.78. The summed E-state index contributed by atoms with van der Waals surface area (Å²) < 4.78 is 5.54. The lowest BCUT2D eigenvalue weighted by molar-refractivity contribution is -0.137. The van der Waals surface area contributed by atoms with E-state index in [4.69, 9.17) is 26.9 Å². The SMILES string of the molecule is N[C@@H](CC(=O)O)c1ccc(-c2ccccc2Cl)o1. The van der Waals surface area contributed by atoms with Gasteiger partial charge in [-0.25, -0.2) is 0 Å². The van der Waals surface area contributed by atoms with Crippen molar-refractivity contribution in [3.05, 3.63) is 47.2 Å². The molecule has 0 radical (unpaired) electrons. The number of carboxylic acids is 1. The molecule has 0 spiro atoms. The topological polar surface area (TPSA) is 76.5 Å². The van der Waals surface area contributed by atoms with E-state index in [0.717, 1.165) is 5.56 Å². The molecule has 0 amide bonds. The largest absolute Gasteiger partial charge is 0.481 e. The summed E-state index contributed by atoms with van der Waals surface area (Å²) in [6.45, 7) is 0. The summed E-state index contributed by atoms with van der Waals surface area (Å²) in [4.78, 5) is 10.6. The van der Waals surface area contributed by atoms with Gasteiger partial charge >= 0.3 is 5.97 Å². The predicted octanol–water partition coefficient (Wildman–Crippen LogP) is 3.07. The number of benzene rings is 1. The second-order valence-electron chi connectivity index (χ2n) is 3.89. The number of rotatable bonds is 4. The van der Waals surface area contributed by atoms with Crippen molar-refractivity contribution in [1.29, 1.82) is 0 Å². The van der Waals surface area contributed by atoms with Crippen LogP contribution in [0.25, 0.3) is 11.3 Å². The van der Waals surface area contributed by atoms with E-state index in [2.05, 4.69) is 0 Å². The van der Waals surface area contributed by atoms with E-state index in [1.54, 1.807) is 18.2 Å². The molecule has 0 fully saturated rings. The first-order valence-electron chi connectivity index (χ1n) is 5.40. The lowest BCUT2D eigenvalue weighted by Gasteiger charge is -2.05. The van der Waals surface area contributed by atoms with E-state index >= 15 is 0 Å². The van der Waals surface area contributed by atoms with Crippen molar-refractivity contribution >= 4 is 17.6 Å². The molecular formula is C13H12ClNO3. The number of furan rings is 1. The van der Waals surface area contributed by atoms with E-state index in [0.29, 0.717) is 16.5 Å². The summed E-state index contributed by atoms with van der Waals surface area (Å²) >= 11 is 6.05. The van der Waals surface area contributed by atoms with Gasteiger partial charge < -0.3 is 15.3 Å². The zero-order valence-electron chi connectivity index (χ0n) is 9.47. The third-order valence-corrected chi connectivity index (χ3v) is 2.86. The van der Waals surface area contributed by atoms with E-state index in [-0.39, 0.29) is 6.42 Å². The molecule has 18 heavy (non-hydrogen) atoms. The zero-order chi connectivity index (χ0) is 13.1. The molecular weight excluding hydrogens is 254 g/mol. The number of hydrogen-bond donors (Lipinski definition) is 2. The van der Waals surface area contributed by atoms with Gasteiger partial charge in [0.15, 0.2) is 0 Å². The molecule has 1 aromatic heterocycles. The highest BCUT2D eigenvalue weighted by Crippen LogP contribution is 2.30. The number of hydrogen-bond acceptors (Lipinski definition) is 3. The fourth-order valence-electron chi connectivity index (χ4n) is 1.65. The van der Waals surface area contributed by atoms with Crippen molar-refractivity contribution in [2.45, 2.75) is 12.5 Å². The number of nitrogens with two attached hydrogens (primary N) is 1. The molecule has 0 bridgehead atoms. The molecule has 0 aliphatic carbocycles. The quantitative estimate of drug-likeness (QED) is 0.891. The Morgan fingerprint density at radius 3 is 2.72 bits per heavy atom. The van der Waals surface area contributed by atoms with Gasteiger partial charge in [0, 0.05) is 5.56 Å². The average molecular weight is 266 g/mol. The number of halogens is 1. The van der Waals surface area contributed by atoms with Crippen LogP contribution in [0.1, 0.15) is 18.2 Å². The minimum absolute atomic E-state index is 0.171. The lowest BCUT2D eigenvalue weighted by Crippen LogP contribution is -2.14. The molecule has 0 aliphatic rings. The first-order chi connectivity index (χ1) is 8.58. The Kier molecular flexibility index (Phi) is 3.69. The fraction of sp³-hybridized carbons (Fsp3) is 0.154. The molecule has 4 nitrogen and oxygen atoms in total. The van der Waals surface area contributed by atoms with Gasteiger partial charge in [-0.1, -0.05) is 23.7 Å². The van der Waals surface area contributed by atoms with Crippen LogP contribution in [-0.4, -0.2) is 11.1 Å². The molecule has 94 valence electrons. The maximum Gasteiger partial charge on any atom is 0.305 e. The van der Waals surface area contributed by atoms with E-state index < -0.39 is 12.0 Å². The van der Waals surface area contributed by atoms with E-state index in [1.807, 2.05) is 18.2 Å². The Balaban J connectivity index is 2.26. The van der Waals surface area contributed by atoms with Gasteiger partial charge in [-0.15, -0.1) is 0 Å². The first kappa shape index (κ1) is 12.7. The third-order valence-electron chi connectivity index (χ3n) is 2.53. The van der Waals surface area contributed by atoms with Crippen molar-refractivity contribution in [3.8, 4) is 11.3 Å². The highest BCUT2D eigenvalue weighted by atomic mass is 35.5. The van der Waals surface area contributed by atoms with Crippen LogP contribution >= 0.6 is 11.6 Å². The van der Waals surface area contributed by atoms with Crippen molar-refractivity contribution in [1.82, 2.24) is 0 Å². The standard InChI is InChI=1S/C13H12ClNO3/c14-9-4-2-1-3-8(9)11-5-6-12(18-11)10(15)7-13(16)17/h1-6,10H,7,15H2,(H,16,17)/t10-/m0/s1. The normalized spacial score (nSPS) is 12.3. The second-order valence-corrected chi connectivity index (χ2v) is 4.29. The molecule has 0 saturated heterocycles. The van der Waals surface area contributed by atoms with Crippen LogP contribution < -0.4 is 5.73 Å². The van der Waals surface area contributed by atoms with Gasteiger partial charge in [-0.05, 0) is 24.3 Å². The molecule has 3 N–H and O–H groups in total. The summed E-state index contributed by atoms with van der Waals surface area (Å²) in [6.07, 6.45) is -0.171. The minimum atomic E-state index is -0.960. The number of carbonyl (C=O) groups is 1. The van der Waals surface area contributed by atoms with Crippen LogP contribution in [0.15, 0.2) is 40.8 Å².